The fourth-order valence-corrected chi connectivity index (χ4v) is 1.87. The Bertz CT molecular complexity index is 787. The van der Waals surface area contributed by atoms with Gasteiger partial charge in [0.1, 0.15) is 17.6 Å². The summed E-state index contributed by atoms with van der Waals surface area (Å²) in [5, 5.41) is 0.0822. The van der Waals surface area contributed by atoms with E-state index in [9.17, 15) is 4.79 Å². The summed E-state index contributed by atoms with van der Waals surface area (Å²) in [6.45, 7) is 0. The number of para-hydroxylation sites is 1. The molecule has 100 valence electrons. The van der Waals surface area contributed by atoms with Gasteiger partial charge < -0.3 is 10.5 Å². The number of rotatable bonds is 1. The summed E-state index contributed by atoms with van der Waals surface area (Å²) in [5.74, 6) is 0.365. The second-order valence-electron chi connectivity index (χ2n) is 3.84. The molecule has 0 spiro atoms. The number of hydrogen-bond donors (Lipinski definition) is 1. The highest BCUT2D eigenvalue weighted by atomic mass is 35.5. The number of aromatic nitrogens is 4. The predicted octanol–water partition coefficient (Wildman–Crippen LogP) is 2.11. The lowest BCUT2D eigenvalue weighted by Crippen LogP contribution is -2.16. The molecule has 7 nitrogen and oxygen atoms in total. The predicted molar refractivity (Wildman–Crippen MR) is 72.6 cm³/mol. The topological polar surface area (TPSA) is 95.9 Å². The minimum absolute atomic E-state index is 0.0447. The van der Waals surface area contributed by atoms with Crippen molar-refractivity contribution in [3.63, 3.8) is 0 Å². The van der Waals surface area contributed by atoms with Crippen LogP contribution in [-0.4, -0.2) is 25.6 Å². The van der Waals surface area contributed by atoms with E-state index in [4.69, 9.17) is 22.1 Å². The number of nitrogen functional groups attached to an aromatic ring is 1. The van der Waals surface area contributed by atoms with Crippen LogP contribution in [0.2, 0.25) is 5.15 Å². The molecule has 3 rings (SSSR count). The molecule has 2 heterocycles. The fourth-order valence-electron chi connectivity index (χ4n) is 1.65. The number of carbonyl (C=O) groups excluding carboxylic acids is 1. The Balaban J connectivity index is 2.00. The lowest BCUT2D eigenvalue weighted by molar-refractivity contribution is 0.203. The second-order valence-corrected chi connectivity index (χ2v) is 4.20. The van der Waals surface area contributed by atoms with Crippen molar-refractivity contribution < 1.29 is 9.53 Å². The van der Waals surface area contributed by atoms with Crippen LogP contribution in [0.4, 0.5) is 10.7 Å². The highest BCUT2D eigenvalue weighted by Crippen LogP contribution is 2.20. The maximum Gasteiger partial charge on any atom is 0.426 e. The van der Waals surface area contributed by atoms with Crippen LogP contribution in [0.1, 0.15) is 0 Å². The van der Waals surface area contributed by atoms with E-state index in [1.54, 1.807) is 24.3 Å². The van der Waals surface area contributed by atoms with Gasteiger partial charge in [-0.25, -0.2) is 14.3 Å². The van der Waals surface area contributed by atoms with E-state index in [1.165, 1.54) is 6.33 Å². The van der Waals surface area contributed by atoms with E-state index in [1.807, 2.05) is 6.07 Å². The van der Waals surface area contributed by atoms with Gasteiger partial charge >= 0.3 is 6.09 Å². The highest BCUT2D eigenvalue weighted by molar-refractivity contribution is 6.33. The van der Waals surface area contributed by atoms with Crippen molar-refractivity contribution in [3.05, 3.63) is 41.8 Å². The summed E-state index contributed by atoms with van der Waals surface area (Å²) in [7, 11) is 0. The molecule has 0 aliphatic rings. The molecule has 1 aromatic carbocycles. The first-order valence-electron chi connectivity index (χ1n) is 5.58. The van der Waals surface area contributed by atoms with Gasteiger partial charge in [0.25, 0.3) is 0 Å². The summed E-state index contributed by atoms with van der Waals surface area (Å²) < 4.78 is 6.30. The first-order chi connectivity index (χ1) is 9.65. The van der Waals surface area contributed by atoms with Gasteiger partial charge in [-0.05, 0) is 12.1 Å². The summed E-state index contributed by atoms with van der Waals surface area (Å²) in [4.78, 5) is 23.7. The second kappa shape index (κ2) is 4.78. The summed E-state index contributed by atoms with van der Waals surface area (Å²) in [5.41, 5.74) is 5.99. The van der Waals surface area contributed by atoms with Crippen molar-refractivity contribution in [2.24, 2.45) is 0 Å². The zero-order chi connectivity index (χ0) is 14.1. The van der Waals surface area contributed by atoms with Crippen LogP contribution in [0.3, 0.4) is 0 Å². The molecule has 0 amide bonds. The standard InChI is InChI=1S/C12H8ClN5O2/c13-9-8-10(17-11(14)16-9)18(6-15-8)12(19)20-7-4-2-1-3-5-7/h1-6H,(H2,14,16,17). The summed E-state index contributed by atoms with van der Waals surface area (Å²) >= 11 is 5.88. The third-order valence-corrected chi connectivity index (χ3v) is 2.78. The molecule has 2 N–H and O–H groups in total. The minimum atomic E-state index is -0.659. The molecule has 0 saturated heterocycles. The highest BCUT2D eigenvalue weighted by Gasteiger charge is 2.16. The van der Waals surface area contributed by atoms with Crippen molar-refractivity contribution in [1.82, 2.24) is 19.5 Å². The van der Waals surface area contributed by atoms with Crippen molar-refractivity contribution >= 4 is 34.8 Å². The molecule has 0 atom stereocenters. The zero-order valence-electron chi connectivity index (χ0n) is 10.0. The third kappa shape index (κ3) is 2.14. The van der Waals surface area contributed by atoms with E-state index in [-0.39, 0.29) is 22.3 Å². The Hall–Kier alpha value is -2.67. The van der Waals surface area contributed by atoms with E-state index in [2.05, 4.69) is 15.0 Å². The molecule has 3 aromatic rings. The largest absolute Gasteiger partial charge is 0.426 e. The number of benzene rings is 1. The van der Waals surface area contributed by atoms with Crippen LogP contribution in [0.5, 0.6) is 5.75 Å². The number of nitrogens with two attached hydrogens (primary N) is 1. The van der Waals surface area contributed by atoms with Crippen LogP contribution in [0.15, 0.2) is 36.7 Å². The zero-order valence-corrected chi connectivity index (χ0v) is 10.8. The van der Waals surface area contributed by atoms with Gasteiger partial charge in [0.15, 0.2) is 10.8 Å². The van der Waals surface area contributed by atoms with Gasteiger partial charge in [0.05, 0.1) is 0 Å². The number of hydrogen-bond acceptors (Lipinski definition) is 6. The van der Waals surface area contributed by atoms with Gasteiger partial charge in [-0.1, -0.05) is 29.8 Å². The molecule has 2 aromatic heterocycles. The fraction of sp³-hybridized carbons (Fsp3) is 0. The van der Waals surface area contributed by atoms with Crippen molar-refractivity contribution in [2.45, 2.75) is 0 Å². The average Bonchev–Trinajstić information content (AvgIpc) is 2.84. The summed E-state index contributed by atoms with van der Waals surface area (Å²) in [6.07, 6.45) is 0.600. The van der Waals surface area contributed by atoms with Crippen molar-refractivity contribution in [2.75, 3.05) is 5.73 Å². The lowest BCUT2D eigenvalue weighted by atomic mass is 10.3. The van der Waals surface area contributed by atoms with E-state index in [0.717, 1.165) is 4.57 Å². The molecule has 20 heavy (non-hydrogen) atoms. The molecule has 0 aliphatic carbocycles. The Morgan fingerprint density at radius 1 is 1.25 bits per heavy atom. The van der Waals surface area contributed by atoms with Gasteiger partial charge in [-0.15, -0.1) is 0 Å². The first kappa shape index (κ1) is 12.4. The minimum Gasteiger partial charge on any atom is -0.410 e. The van der Waals surface area contributed by atoms with Crippen molar-refractivity contribution in [1.29, 1.82) is 0 Å². The van der Waals surface area contributed by atoms with Gasteiger partial charge in [-0.2, -0.15) is 9.97 Å². The Morgan fingerprint density at radius 2 is 2.00 bits per heavy atom. The number of halogens is 1. The van der Waals surface area contributed by atoms with Crippen LogP contribution in [0, 0.1) is 0 Å². The molecule has 8 heteroatoms. The normalized spacial score (nSPS) is 10.7. The number of carbonyl (C=O) groups is 1. The number of anilines is 1. The van der Waals surface area contributed by atoms with E-state index in [0.29, 0.717) is 5.75 Å². The maximum atomic E-state index is 12.1. The third-order valence-electron chi connectivity index (χ3n) is 2.52. The van der Waals surface area contributed by atoms with Crippen LogP contribution < -0.4 is 10.5 Å². The van der Waals surface area contributed by atoms with Crippen LogP contribution in [0.25, 0.3) is 11.2 Å². The number of ether oxygens (including phenoxy) is 1. The monoisotopic (exact) mass is 289 g/mol. The molecule has 0 fully saturated rings. The molecule has 0 saturated carbocycles. The summed E-state index contributed by atoms with van der Waals surface area (Å²) in [6, 6.07) is 8.65. The molecular formula is C12H8ClN5O2. The first-order valence-corrected chi connectivity index (χ1v) is 5.96. The molecular weight excluding hydrogens is 282 g/mol. The molecule has 0 bridgehead atoms. The quantitative estimate of drug-likeness (QED) is 0.689. The van der Waals surface area contributed by atoms with E-state index >= 15 is 0 Å². The van der Waals surface area contributed by atoms with Gasteiger partial charge in [-0.3, -0.25) is 0 Å². The Kier molecular flexibility index (Phi) is 2.96. The average molecular weight is 290 g/mol. The lowest BCUT2D eigenvalue weighted by Gasteiger charge is -2.04. The molecule has 0 aliphatic heterocycles. The Labute approximate surface area is 118 Å². The van der Waals surface area contributed by atoms with Crippen LogP contribution in [-0.2, 0) is 0 Å². The molecule has 0 unspecified atom stereocenters. The van der Waals surface area contributed by atoms with Gasteiger partial charge in [0, 0.05) is 0 Å². The number of imidazole rings is 1. The van der Waals surface area contributed by atoms with Crippen LogP contribution >= 0.6 is 11.6 Å². The number of fused-ring (bicyclic) bond motifs is 1. The van der Waals surface area contributed by atoms with Crippen molar-refractivity contribution in [3.8, 4) is 5.75 Å². The smallest absolute Gasteiger partial charge is 0.410 e. The molecule has 0 radical (unpaired) electrons. The van der Waals surface area contributed by atoms with Gasteiger partial charge in [0.2, 0.25) is 5.95 Å². The maximum absolute atomic E-state index is 12.1. The Morgan fingerprint density at radius 3 is 2.75 bits per heavy atom. The SMILES string of the molecule is Nc1nc(Cl)c2ncn(C(=O)Oc3ccccc3)c2n1. The van der Waals surface area contributed by atoms with E-state index < -0.39 is 6.09 Å². The number of nitrogens with zero attached hydrogens (tertiary/aromatic N) is 4.